The van der Waals surface area contributed by atoms with E-state index in [1.54, 1.807) is 23.1 Å². The Kier molecular flexibility index (Phi) is 6.19. The average Bonchev–Trinajstić information content (AvgIpc) is 2.69. The zero-order valence-electron chi connectivity index (χ0n) is 15.2. The number of ether oxygens (including phenoxy) is 1. The molecule has 1 saturated heterocycles. The lowest BCUT2D eigenvalue weighted by atomic mass is 10.2. The summed E-state index contributed by atoms with van der Waals surface area (Å²) in [5, 5.41) is 3.10. The van der Waals surface area contributed by atoms with Gasteiger partial charge in [-0.2, -0.15) is 0 Å². The van der Waals surface area contributed by atoms with Gasteiger partial charge in [0, 0.05) is 37.6 Å². The lowest BCUT2D eigenvalue weighted by molar-refractivity contribution is -0.134. The molecule has 1 aliphatic rings. The van der Waals surface area contributed by atoms with Gasteiger partial charge in [0.2, 0.25) is 11.8 Å². The molecule has 0 aliphatic carbocycles. The normalized spacial score (nSPS) is 14.0. The van der Waals surface area contributed by atoms with Gasteiger partial charge in [-0.25, -0.2) is 0 Å². The lowest BCUT2D eigenvalue weighted by Gasteiger charge is -2.36. The molecule has 0 radical (unpaired) electrons. The van der Waals surface area contributed by atoms with E-state index in [0.717, 1.165) is 18.8 Å². The highest BCUT2D eigenvalue weighted by Crippen LogP contribution is 2.27. The van der Waals surface area contributed by atoms with Crippen LogP contribution in [0.4, 0.5) is 11.4 Å². The Morgan fingerprint density at radius 2 is 1.78 bits per heavy atom. The molecule has 2 aromatic rings. The van der Waals surface area contributed by atoms with Crippen LogP contribution in [-0.4, -0.2) is 50.0 Å². The van der Waals surface area contributed by atoms with Crippen molar-refractivity contribution in [3.8, 4) is 5.75 Å². The molecule has 1 N–H and O–H groups in total. The summed E-state index contributed by atoms with van der Waals surface area (Å²) in [7, 11) is 1.52. The second-order valence-electron chi connectivity index (χ2n) is 6.28. The Morgan fingerprint density at radius 1 is 1.07 bits per heavy atom. The molecule has 7 heteroatoms. The average molecular weight is 388 g/mol. The number of anilines is 2. The zero-order chi connectivity index (χ0) is 19.2. The maximum Gasteiger partial charge on any atom is 0.233 e. The smallest absolute Gasteiger partial charge is 0.233 e. The Bertz CT molecular complexity index is 805. The van der Waals surface area contributed by atoms with Gasteiger partial charge in [-0.1, -0.05) is 29.8 Å². The minimum Gasteiger partial charge on any atom is -0.495 e. The predicted octanol–water partition coefficient (Wildman–Crippen LogP) is 3.03. The van der Waals surface area contributed by atoms with E-state index < -0.39 is 0 Å². The van der Waals surface area contributed by atoms with Gasteiger partial charge < -0.3 is 19.9 Å². The van der Waals surface area contributed by atoms with Gasteiger partial charge in [-0.15, -0.1) is 0 Å². The highest BCUT2D eigenvalue weighted by molar-refractivity contribution is 6.32. The largest absolute Gasteiger partial charge is 0.495 e. The maximum atomic E-state index is 12.4. The van der Waals surface area contributed by atoms with Gasteiger partial charge in [0.05, 0.1) is 12.1 Å². The first-order valence-corrected chi connectivity index (χ1v) is 9.16. The topological polar surface area (TPSA) is 61.9 Å². The van der Waals surface area contributed by atoms with E-state index in [9.17, 15) is 9.59 Å². The number of rotatable bonds is 5. The number of hydrogen-bond donors (Lipinski definition) is 1. The zero-order valence-corrected chi connectivity index (χ0v) is 15.9. The number of halogens is 1. The van der Waals surface area contributed by atoms with Gasteiger partial charge in [0.25, 0.3) is 0 Å². The van der Waals surface area contributed by atoms with Gasteiger partial charge in [0.1, 0.15) is 12.2 Å². The number of hydrogen-bond acceptors (Lipinski definition) is 4. The molecule has 0 aromatic heterocycles. The molecule has 1 aliphatic heterocycles. The minimum absolute atomic E-state index is 0.167. The van der Waals surface area contributed by atoms with Gasteiger partial charge >= 0.3 is 0 Å². The second-order valence-corrected chi connectivity index (χ2v) is 6.68. The third-order valence-corrected chi connectivity index (χ3v) is 4.80. The van der Waals surface area contributed by atoms with E-state index in [1.165, 1.54) is 7.11 Å². The van der Waals surface area contributed by atoms with Crippen molar-refractivity contribution in [2.45, 2.75) is 6.42 Å². The van der Waals surface area contributed by atoms with E-state index in [-0.39, 0.29) is 18.2 Å². The summed E-state index contributed by atoms with van der Waals surface area (Å²) >= 11 is 6.05. The molecule has 142 valence electrons. The fourth-order valence-corrected chi connectivity index (χ4v) is 3.31. The van der Waals surface area contributed by atoms with Crippen molar-refractivity contribution in [2.75, 3.05) is 43.5 Å². The van der Waals surface area contributed by atoms with Crippen LogP contribution in [-0.2, 0) is 9.59 Å². The molecule has 27 heavy (non-hydrogen) atoms. The molecule has 3 rings (SSSR count). The van der Waals surface area contributed by atoms with Gasteiger partial charge in [-0.3, -0.25) is 9.59 Å². The van der Waals surface area contributed by atoms with Crippen LogP contribution in [0.25, 0.3) is 0 Å². The van der Waals surface area contributed by atoms with Crippen LogP contribution in [0.5, 0.6) is 5.75 Å². The van der Waals surface area contributed by atoms with E-state index in [0.29, 0.717) is 29.5 Å². The molecular weight excluding hydrogens is 366 g/mol. The number of carbonyl (C=O) groups is 2. The van der Waals surface area contributed by atoms with Crippen LogP contribution in [0.15, 0.2) is 48.5 Å². The third-order valence-electron chi connectivity index (χ3n) is 4.50. The quantitative estimate of drug-likeness (QED) is 0.801. The number of amides is 2. The number of nitrogens with zero attached hydrogens (tertiary/aromatic N) is 2. The number of para-hydroxylation sites is 1. The molecule has 0 unspecified atom stereocenters. The summed E-state index contributed by atoms with van der Waals surface area (Å²) in [6.07, 6.45) is -0.186. The summed E-state index contributed by atoms with van der Waals surface area (Å²) in [5.74, 6) is 0.00794. The fourth-order valence-electron chi connectivity index (χ4n) is 3.05. The van der Waals surface area contributed by atoms with Crippen molar-refractivity contribution in [2.24, 2.45) is 0 Å². The number of benzene rings is 2. The van der Waals surface area contributed by atoms with Crippen molar-refractivity contribution in [1.29, 1.82) is 0 Å². The van der Waals surface area contributed by atoms with Crippen LogP contribution in [0.1, 0.15) is 6.42 Å². The van der Waals surface area contributed by atoms with Crippen LogP contribution in [0, 0.1) is 0 Å². The monoisotopic (exact) mass is 387 g/mol. The Hall–Kier alpha value is -2.73. The molecule has 2 amide bonds. The first-order valence-electron chi connectivity index (χ1n) is 8.78. The van der Waals surface area contributed by atoms with E-state index in [2.05, 4.69) is 22.3 Å². The third kappa shape index (κ3) is 4.92. The minimum atomic E-state index is -0.355. The first-order chi connectivity index (χ1) is 13.1. The van der Waals surface area contributed by atoms with Crippen molar-refractivity contribution in [3.63, 3.8) is 0 Å². The Labute approximate surface area is 163 Å². The van der Waals surface area contributed by atoms with Crippen molar-refractivity contribution in [1.82, 2.24) is 4.90 Å². The van der Waals surface area contributed by atoms with E-state index in [4.69, 9.17) is 16.3 Å². The van der Waals surface area contributed by atoms with Crippen molar-refractivity contribution < 1.29 is 14.3 Å². The lowest BCUT2D eigenvalue weighted by Crippen LogP contribution is -2.49. The SMILES string of the molecule is COc1ccc(NC(=O)CC(=O)N2CCN(c3ccccc3)CC2)cc1Cl. The maximum absolute atomic E-state index is 12.4. The molecule has 0 spiro atoms. The first kappa shape index (κ1) is 19.0. The molecule has 1 heterocycles. The number of methoxy groups -OCH3 is 1. The van der Waals surface area contributed by atoms with Crippen LogP contribution in [0.2, 0.25) is 5.02 Å². The number of nitrogens with one attached hydrogen (secondary N) is 1. The molecule has 0 bridgehead atoms. The van der Waals surface area contributed by atoms with Crippen LogP contribution >= 0.6 is 11.6 Å². The van der Waals surface area contributed by atoms with Crippen LogP contribution in [0.3, 0.4) is 0 Å². The molecular formula is C20H22ClN3O3. The van der Waals surface area contributed by atoms with E-state index in [1.807, 2.05) is 18.2 Å². The molecule has 2 aromatic carbocycles. The van der Waals surface area contributed by atoms with Crippen LogP contribution < -0.4 is 15.0 Å². The highest BCUT2D eigenvalue weighted by atomic mass is 35.5. The van der Waals surface area contributed by atoms with Gasteiger partial charge in [0.15, 0.2) is 0 Å². The number of piperazine rings is 1. The van der Waals surface area contributed by atoms with E-state index >= 15 is 0 Å². The number of carbonyl (C=O) groups excluding carboxylic acids is 2. The second kappa shape index (κ2) is 8.77. The fraction of sp³-hybridized carbons (Fsp3) is 0.300. The standard InChI is InChI=1S/C20H22ClN3O3/c1-27-18-8-7-15(13-17(18)21)22-19(25)14-20(26)24-11-9-23(10-12-24)16-5-3-2-4-6-16/h2-8,13H,9-12,14H2,1H3,(H,22,25). The molecule has 0 saturated carbocycles. The van der Waals surface area contributed by atoms with Gasteiger partial charge in [-0.05, 0) is 30.3 Å². The Morgan fingerprint density at radius 3 is 2.41 bits per heavy atom. The molecule has 0 atom stereocenters. The molecule has 1 fully saturated rings. The predicted molar refractivity (Wildman–Crippen MR) is 106 cm³/mol. The highest BCUT2D eigenvalue weighted by Gasteiger charge is 2.23. The summed E-state index contributed by atoms with van der Waals surface area (Å²) < 4.78 is 5.08. The molecule has 6 nitrogen and oxygen atoms in total. The van der Waals surface area contributed by atoms with Crippen molar-refractivity contribution in [3.05, 3.63) is 53.6 Å². The summed E-state index contributed by atoms with van der Waals surface area (Å²) in [4.78, 5) is 28.6. The Balaban J connectivity index is 1.49. The summed E-state index contributed by atoms with van der Waals surface area (Å²) in [6.45, 7) is 2.72. The summed E-state index contributed by atoms with van der Waals surface area (Å²) in [5.41, 5.74) is 1.69. The van der Waals surface area contributed by atoms with Crippen molar-refractivity contribution >= 4 is 34.8 Å². The summed E-state index contributed by atoms with van der Waals surface area (Å²) in [6, 6.07) is 15.1.